The molecular formula is C22H25F4N3O3S. The number of aryl methyl sites for hydroxylation is 2. The van der Waals surface area contributed by atoms with Gasteiger partial charge in [-0.3, -0.25) is 9.69 Å². The molecule has 33 heavy (non-hydrogen) atoms. The quantitative estimate of drug-likeness (QED) is 0.636. The molecule has 1 N–H and O–H groups in total. The van der Waals surface area contributed by atoms with Crippen LogP contribution in [0, 0.1) is 19.7 Å². The van der Waals surface area contributed by atoms with E-state index in [-0.39, 0.29) is 30.1 Å². The van der Waals surface area contributed by atoms with Crippen molar-refractivity contribution in [1.82, 2.24) is 14.5 Å². The fourth-order valence-corrected chi connectivity index (χ4v) is 5.40. The van der Waals surface area contributed by atoms with E-state index in [2.05, 4.69) is 5.32 Å². The number of piperazine rings is 1. The van der Waals surface area contributed by atoms with E-state index in [1.54, 1.807) is 24.0 Å². The van der Waals surface area contributed by atoms with Crippen LogP contribution in [0.3, 0.4) is 0 Å². The lowest BCUT2D eigenvalue weighted by molar-refractivity contribution is -0.138. The Kier molecular flexibility index (Phi) is 7.45. The highest BCUT2D eigenvalue weighted by Gasteiger charge is 2.34. The van der Waals surface area contributed by atoms with Gasteiger partial charge in [0, 0.05) is 32.7 Å². The van der Waals surface area contributed by atoms with Gasteiger partial charge in [-0.05, 0) is 48.7 Å². The van der Waals surface area contributed by atoms with Crippen LogP contribution in [0.2, 0.25) is 0 Å². The van der Waals surface area contributed by atoms with Crippen LogP contribution < -0.4 is 5.32 Å². The van der Waals surface area contributed by atoms with Crippen molar-refractivity contribution in [2.24, 2.45) is 0 Å². The second-order valence-electron chi connectivity index (χ2n) is 8.03. The summed E-state index contributed by atoms with van der Waals surface area (Å²) >= 11 is 0. The van der Waals surface area contributed by atoms with E-state index in [0.717, 1.165) is 17.7 Å². The zero-order valence-corrected chi connectivity index (χ0v) is 19.1. The van der Waals surface area contributed by atoms with Gasteiger partial charge in [-0.2, -0.15) is 17.5 Å². The van der Waals surface area contributed by atoms with Gasteiger partial charge >= 0.3 is 6.18 Å². The Morgan fingerprint density at radius 1 is 1.03 bits per heavy atom. The molecule has 2 aromatic carbocycles. The van der Waals surface area contributed by atoms with E-state index in [1.807, 2.05) is 13.0 Å². The van der Waals surface area contributed by atoms with Gasteiger partial charge < -0.3 is 5.32 Å². The zero-order valence-electron chi connectivity index (χ0n) is 18.2. The summed E-state index contributed by atoms with van der Waals surface area (Å²) in [5, 5.41) is 2.42. The first kappa shape index (κ1) is 25.1. The van der Waals surface area contributed by atoms with Gasteiger partial charge in [0.15, 0.2) is 0 Å². The molecule has 2 aromatic rings. The molecule has 0 unspecified atom stereocenters. The molecule has 6 nitrogen and oxygen atoms in total. The first-order chi connectivity index (χ1) is 15.4. The molecular weight excluding hydrogens is 462 g/mol. The SMILES string of the molecule is Cc1ccc(C)c(S(=O)(=O)N2CCN(CC(=O)NCc3ccc(F)cc3C(F)(F)F)CC2)c1. The fraction of sp³-hybridized carbons (Fsp3) is 0.409. The smallest absolute Gasteiger partial charge is 0.351 e. The van der Waals surface area contributed by atoms with E-state index in [0.29, 0.717) is 24.7 Å². The van der Waals surface area contributed by atoms with Gasteiger partial charge in [0.2, 0.25) is 15.9 Å². The predicted octanol–water partition coefficient (Wildman–Crippen LogP) is 3.08. The average molecular weight is 488 g/mol. The van der Waals surface area contributed by atoms with Crippen molar-refractivity contribution in [3.05, 3.63) is 64.5 Å². The van der Waals surface area contributed by atoms with Crippen LogP contribution in [-0.2, 0) is 27.5 Å². The number of carbonyl (C=O) groups excluding carboxylic acids is 1. The molecule has 1 aliphatic rings. The van der Waals surface area contributed by atoms with Crippen LogP contribution in [0.5, 0.6) is 0 Å². The number of amides is 1. The number of hydrogen-bond acceptors (Lipinski definition) is 4. The minimum Gasteiger partial charge on any atom is -0.351 e. The van der Waals surface area contributed by atoms with E-state index in [9.17, 15) is 30.8 Å². The number of hydrogen-bond donors (Lipinski definition) is 1. The third kappa shape index (κ3) is 6.10. The summed E-state index contributed by atoms with van der Waals surface area (Å²) in [4.78, 5) is 14.2. The maximum absolute atomic E-state index is 13.2. The normalized spacial score (nSPS) is 16.1. The Labute approximate surface area is 190 Å². The summed E-state index contributed by atoms with van der Waals surface area (Å²) in [5.74, 6) is -1.51. The molecule has 11 heteroatoms. The highest BCUT2D eigenvalue weighted by Crippen LogP contribution is 2.32. The predicted molar refractivity (Wildman–Crippen MR) is 114 cm³/mol. The second-order valence-corrected chi connectivity index (χ2v) is 9.93. The summed E-state index contributed by atoms with van der Waals surface area (Å²) in [6.07, 6.45) is -4.74. The molecule has 0 saturated carbocycles. The van der Waals surface area contributed by atoms with Crippen molar-refractivity contribution in [1.29, 1.82) is 0 Å². The minimum atomic E-state index is -4.74. The highest BCUT2D eigenvalue weighted by atomic mass is 32.2. The number of benzene rings is 2. The van der Waals surface area contributed by atoms with Gasteiger partial charge in [0.25, 0.3) is 0 Å². The second kappa shape index (κ2) is 9.78. The van der Waals surface area contributed by atoms with Crippen LogP contribution in [0.25, 0.3) is 0 Å². The summed E-state index contributed by atoms with van der Waals surface area (Å²) < 4.78 is 79.8. The monoisotopic (exact) mass is 487 g/mol. The van der Waals surface area contributed by atoms with Crippen LogP contribution in [0.15, 0.2) is 41.3 Å². The fourth-order valence-electron chi connectivity index (χ4n) is 3.67. The molecule has 0 bridgehead atoms. The molecule has 3 rings (SSSR count). The van der Waals surface area contributed by atoms with Crippen LogP contribution >= 0.6 is 0 Å². The highest BCUT2D eigenvalue weighted by molar-refractivity contribution is 7.89. The molecule has 1 fully saturated rings. The molecule has 180 valence electrons. The zero-order chi connectivity index (χ0) is 24.4. The summed E-state index contributed by atoms with van der Waals surface area (Å²) in [6, 6.07) is 7.54. The van der Waals surface area contributed by atoms with Crippen molar-refractivity contribution >= 4 is 15.9 Å². The van der Waals surface area contributed by atoms with Crippen LogP contribution in [0.1, 0.15) is 22.3 Å². The molecule has 0 spiro atoms. The van der Waals surface area contributed by atoms with Gasteiger partial charge in [0.1, 0.15) is 5.82 Å². The maximum Gasteiger partial charge on any atom is 0.416 e. The van der Waals surface area contributed by atoms with Crippen molar-refractivity contribution in [2.45, 2.75) is 31.5 Å². The molecule has 0 aliphatic carbocycles. The maximum atomic E-state index is 13.2. The van der Waals surface area contributed by atoms with Gasteiger partial charge in [-0.15, -0.1) is 0 Å². The van der Waals surface area contributed by atoms with Crippen LogP contribution in [0.4, 0.5) is 17.6 Å². The number of carbonyl (C=O) groups is 1. The van der Waals surface area contributed by atoms with Crippen molar-refractivity contribution in [3.8, 4) is 0 Å². The minimum absolute atomic E-state index is 0.0834. The number of rotatable bonds is 6. The summed E-state index contributed by atoms with van der Waals surface area (Å²) in [7, 11) is -3.67. The van der Waals surface area contributed by atoms with E-state index in [1.165, 1.54) is 4.31 Å². The lowest BCUT2D eigenvalue weighted by atomic mass is 10.1. The topological polar surface area (TPSA) is 69.7 Å². The molecule has 0 atom stereocenters. The van der Waals surface area contributed by atoms with Gasteiger partial charge in [-0.1, -0.05) is 18.2 Å². The van der Waals surface area contributed by atoms with Crippen molar-refractivity contribution < 1.29 is 30.8 Å². The number of sulfonamides is 1. The molecule has 1 amide bonds. The number of halogens is 4. The third-order valence-corrected chi connectivity index (χ3v) is 7.55. The van der Waals surface area contributed by atoms with Crippen molar-refractivity contribution in [2.75, 3.05) is 32.7 Å². The average Bonchev–Trinajstić information content (AvgIpc) is 2.74. The molecule has 0 aromatic heterocycles. The summed E-state index contributed by atoms with van der Waals surface area (Å²) in [6.45, 7) is 4.08. The number of nitrogens with one attached hydrogen (secondary N) is 1. The first-order valence-electron chi connectivity index (χ1n) is 10.3. The third-order valence-electron chi connectivity index (χ3n) is 5.51. The van der Waals surface area contributed by atoms with Crippen molar-refractivity contribution in [3.63, 3.8) is 0 Å². The number of nitrogens with zero attached hydrogens (tertiary/aromatic N) is 2. The Bertz CT molecular complexity index is 1130. The Morgan fingerprint density at radius 2 is 1.70 bits per heavy atom. The standard InChI is InChI=1S/C22H25F4N3O3S/c1-15-3-4-16(2)20(11-15)33(31,32)29-9-7-28(8-10-29)14-21(30)27-13-17-5-6-18(23)12-19(17)22(24,25)26/h3-6,11-12H,7-10,13-14H2,1-2H3,(H,27,30). The number of alkyl halides is 3. The lowest BCUT2D eigenvalue weighted by Gasteiger charge is -2.33. The van der Waals surface area contributed by atoms with E-state index < -0.39 is 40.0 Å². The largest absolute Gasteiger partial charge is 0.416 e. The molecule has 0 radical (unpaired) electrons. The molecule has 1 aliphatic heterocycles. The first-order valence-corrected chi connectivity index (χ1v) is 11.7. The Balaban J connectivity index is 1.56. The lowest BCUT2D eigenvalue weighted by Crippen LogP contribution is -2.51. The van der Waals surface area contributed by atoms with Gasteiger partial charge in [0.05, 0.1) is 17.0 Å². The Morgan fingerprint density at radius 3 is 2.33 bits per heavy atom. The van der Waals surface area contributed by atoms with Gasteiger partial charge in [-0.25, -0.2) is 12.8 Å². The van der Waals surface area contributed by atoms with E-state index in [4.69, 9.17) is 0 Å². The van der Waals surface area contributed by atoms with Crippen LogP contribution in [-0.4, -0.2) is 56.3 Å². The molecule has 1 heterocycles. The summed E-state index contributed by atoms with van der Waals surface area (Å²) in [5.41, 5.74) is 0.125. The van der Waals surface area contributed by atoms with E-state index >= 15 is 0 Å². The Hall–Kier alpha value is -2.50. The molecule has 1 saturated heterocycles.